The van der Waals surface area contributed by atoms with Gasteiger partial charge in [0.2, 0.25) is 0 Å². The van der Waals surface area contributed by atoms with Gasteiger partial charge in [-0.1, -0.05) is 24.3 Å². The summed E-state index contributed by atoms with van der Waals surface area (Å²) in [7, 11) is 0. The quantitative estimate of drug-likeness (QED) is 0.873. The molecular formula is C14H20FNO. The SMILES string of the molecule is NCCc1ccc(C(F)C2CCCOC2)cc1. The van der Waals surface area contributed by atoms with Crippen molar-refractivity contribution in [2.24, 2.45) is 11.7 Å². The van der Waals surface area contributed by atoms with Crippen molar-refractivity contribution in [3.63, 3.8) is 0 Å². The zero-order valence-corrected chi connectivity index (χ0v) is 10.1. The van der Waals surface area contributed by atoms with Crippen LogP contribution in [0.1, 0.15) is 30.1 Å². The van der Waals surface area contributed by atoms with E-state index in [1.807, 2.05) is 24.3 Å². The lowest BCUT2D eigenvalue weighted by Gasteiger charge is -2.25. The molecule has 2 N–H and O–H groups in total. The smallest absolute Gasteiger partial charge is 0.130 e. The van der Waals surface area contributed by atoms with E-state index in [0.717, 1.165) is 31.4 Å². The van der Waals surface area contributed by atoms with Gasteiger partial charge in [0.15, 0.2) is 0 Å². The first-order chi connectivity index (χ1) is 8.31. The third kappa shape index (κ3) is 3.27. The van der Waals surface area contributed by atoms with Crippen LogP contribution in [-0.2, 0) is 11.2 Å². The first kappa shape index (κ1) is 12.5. The Morgan fingerprint density at radius 3 is 2.71 bits per heavy atom. The minimum Gasteiger partial charge on any atom is -0.381 e. The maximum absolute atomic E-state index is 14.2. The normalized spacial score (nSPS) is 22.4. The number of rotatable bonds is 4. The average molecular weight is 237 g/mol. The van der Waals surface area contributed by atoms with Crippen molar-refractivity contribution in [1.29, 1.82) is 0 Å². The summed E-state index contributed by atoms with van der Waals surface area (Å²) in [5.41, 5.74) is 7.42. The Balaban J connectivity index is 2.00. The molecule has 1 aromatic carbocycles. The highest BCUT2D eigenvalue weighted by Crippen LogP contribution is 2.32. The number of alkyl halides is 1. The Labute approximate surface area is 102 Å². The lowest BCUT2D eigenvalue weighted by molar-refractivity contribution is 0.0197. The lowest BCUT2D eigenvalue weighted by atomic mass is 9.91. The van der Waals surface area contributed by atoms with Gasteiger partial charge in [0.1, 0.15) is 6.17 Å². The molecule has 0 saturated carbocycles. The van der Waals surface area contributed by atoms with E-state index in [2.05, 4.69) is 0 Å². The number of hydrogen-bond acceptors (Lipinski definition) is 2. The number of benzene rings is 1. The summed E-state index contributed by atoms with van der Waals surface area (Å²) in [5.74, 6) is 0.0177. The number of nitrogens with two attached hydrogens (primary N) is 1. The molecule has 0 aromatic heterocycles. The van der Waals surface area contributed by atoms with Gasteiger partial charge in [-0.05, 0) is 36.9 Å². The minimum atomic E-state index is -0.901. The van der Waals surface area contributed by atoms with Crippen molar-refractivity contribution in [2.75, 3.05) is 19.8 Å². The van der Waals surface area contributed by atoms with E-state index in [9.17, 15) is 4.39 Å². The molecule has 1 aromatic rings. The number of ether oxygens (including phenoxy) is 1. The molecule has 94 valence electrons. The maximum Gasteiger partial charge on any atom is 0.130 e. The third-order valence-electron chi connectivity index (χ3n) is 3.34. The first-order valence-corrected chi connectivity index (χ1v) is 6.32. The van der Waals surface area contributed by atoms with Gasteiger partial charge in [0, 0.05) is 12.5 Å². The Kier molecular flexibility index (Phi) is 4.51. The highest BCUT2D eigenvalue weighted by atomic mass is 19.1. The third-order valence-corrected chi connectivity index (χ3v) is 3.34. The predicted molar refractivity (Wildman–Crippen MR) is 66.6 cm³/mol. The fourth-order valence-corrected chi connectivity index (χ4v) is 2.30. The van der Waals surface area contributed by atoms with Crippen molar-refractivity contribution in [2.45, 2.75) is 25.4 Å². The standard InChI is InChI=1S/C14H20FNO/c15-14(13-2-1-9-17-10-13)12-5-3-11(4-6-12)7-8-16/h3-6,13-14H,1-2,7-10,16H2. The molecule has 1 heterocycles. The van der Waals surface area contributed by atoms with Crippen LogP contribution in [0.5, 0.6) is 0 Å². The molecule has 0 radical (unpaired) electrons. The van der Waals surface area contributed by atoms with E-state index in [1.165, 1.54) is 5.56 Å². The van der Waals surface area contributed by atoms with E-state index >= 15 is 0 Å². The molecule has 2 nitrogen and oxygen atoms in total. The molecule has 2 rings (SSSR count). The fraction of sp³-hybridized carbons (Fsp3) is 0.571. The topological polar surface area (TPSA) is 35.2 Å². The Bertz CT molecular complexity index is 333. The van der Waals surface area contributed by atoms with Crippen LogP contribution in [0.15, 0.2) is 24.3 Å². The van der Waals surface area contributed by atoms with E-state index in [1.54, 1.807) is 0 Å². The highest BCUT2D eigenvalue weighted by Gasteiger charge is 2.25. The second-order valence-corrected chi connectivity index (χ2v) is 4.66. The van der Waals surface area contributed by atoms with Crippen molar-refractivity contribution in [3.8, 4) is 0 Å². The van der Waals surface area contributed by atoms with Gasteiger partial charge in [-0.2, -0.15) is 0 Å². The van der Waals surface area contributed by atoms with Gasteiger partial charge >= 0.3 is 0 Å². The van der Waals surface area contributed by atoms with Gasteiger partial charge in [-0.3, -0.25) is 0 Å². The molecule has 1 saturated heterocycles. The molecule has 1 aliphatic rings. The van der Waals surface area contributed by atoms with E-state index in [-0.39, 0.29) is 5.92 Å². The Morgan fingerprint density at radius 2 is 2.12 bits per heavy atom. The van der Waals surface area contributed by atoms with Crippen molar-refractivity contribution in [3.05, 3.63) is 35.4 Å². The van der Waals surface area contributed by atoms with Crippen LogP contribution in [0.2, 0.25) is 0 Å². The predicted octanol–water partition coefficient (Wildman–Crippen LogP) is 2.63. The number of hydrogen-bond donors (Lipinski definition) is 1. The van der Waals surface area contributed by atoms with Crippen LogP contribution in [-0.4, -0.2) is 19.8 Å². The Morgan fingerprint density at radius 1 is 1.35 bits per heavy atom. The molecule has 17 heavy (non-hydrogen) atoms. The van der Waals surface area contributed by atoms with E-state index in [0.29, 0.717) is 13.2 Å². The van der Waals surface area contributed by atoms with Crippen LogP contribution >= 0.6 is 0 Å². The van der Waals surface area contributed by atoms with Gasteiger partial charge < -0.3 is 10.5 Å². The lowest BCUT2D eigenvalue weighted by Crippen LogP contribution is -2.21. The first-order valence-electron chi connectivity index (χ1n) is 6.32. The van der Waals surface area contributed by atoms with Crippen LogP contribution < -0.4 is 5.73 Å². The monoisotopic (exact) mass is 237 g/mol. The van der Waals surface area contributed by atoms with Gasteiger partial charge in [-0.25, -0.2) is 4.39 Å². The molecule has 0 bridgehead atoms. The summed E-state index contributed by atoms with van der Waals surface area (Å²) in [6.07, 6.45) is 1.84. The Hall–Kier alpha value is -0.930. The maximum atomic E-state index is 14.2. The van der Waals surface area contributed by atoms with Gasteiger partial charge in [0.25, 0.3) is 0 Å². The molecule has 0 amide bonds. The molecule has 1 aliphatic heterocycles. The molecule has 0 aliphatic carbocycles. The van der Waals surface area contributed by atoms with Gasteiger partial charge in [-0.15, -0.1) is 0 Å². The second kappa shape index (κ2) is 6.12. The van der Waals surface area contributed by atoms with Crippen LogP contribution in [0.4, 0.5) is 4.39 Å². The molecular weight excluding hydrogens is 217 g/mol. The zero-order chi connectivity index (χ0) is 12.1. The second-order valence-electron chi connectivity index (χ2n) is 4.66. The van der Waals surface area contributed by atoms with Crippen molar-refractivity contribution < 1.29 is 9.13 Å². The van der Waals surface area contributed by atoms with Crippen molar-refractivity contribution >= 4 is 0 Å². The van der Waals surface area contributed by atoms with Crippen LogP contribution in [0.3, 0.4) is 0 Å². The van der Waals surface area contributed by atoms with E-state index < -0.39 is 6.17 Å². The van der Waals surface area contributed by atoms with Gasteiger partial charge in [0.05, 0.1) is 6.61 Å². The molecule has 2 atom stereocenters. The van der Waals surface area contributed by atoms with Crippen molar-refractivity contribution in [1.82, 2.24) is 0 Å². The summed E-state index contributed by atoms with van der Waals surface area (Å²) in [5, 5.41) is 0. The molecule has 1 fully saturated rings. The summed E-state index contributed by atoms with van der Waals surface area (Å²) < 4.78 is 19.6. The van der Waals surface area contributed by atoms with Crippen LogP contribution in [0, 0.1) is 5.92 Å². The van der Waals surface area contributed by atoms with E-state index in [4.69, 9.17) is 10.5 Å². The summed E-state index contributed by atoms with van der Waals surface area (Å²) in [6.45, 7) is 1.96. The van der Waals surface area contributed by atoms with Crippen LogP contribution in [0.25, 0.3) is 0 Å². The summed E-state index contributed by atoms with van der Waals surface area (Å²) in [4.78, 5) is 0. The zero-order valence-electron chi connectivity index (χ0n) is 10.1. The fourth-order valence-electron chi connectivity index (χ4n) is 2.30. The minimum absolute atomic E-state index is 0.0177. The number of halogens is 1. The highest BCUT2D eigenvalue weighted by molar-refractivity contribution is 5.25. The average Bonchev–Trinajstić information content (AvgIpc) is 2.40. The summed E-state index contributed by atoms with van der Waals surface area (Å²) >= 11 is 0. The molecule has 3 heteroatoms. The summed E-state index contributed by atoms with van der Waals surface area (Å²) in [6, 6.07) is 7.70. The molecule has 0 spiro atoms. The largest absolute Gasteiger partial charge is 0.381 e. The molecule has 2 unspecified atom stereocenters.